The maximum atomic E-state index is 14.0. The van der Waals surface area contributed by atoms with Crippen molar-refractivity contribution in [3.8, 4) is 0 Å². The summed E-state index contributed by atoms with van der Waals surface area (Å²) in [4.78, 5) is 66.5. The van der Waals surface area contributed by atoms with E-state index < -0.39 is 152 Å². The topological polar surface area (TPSA) is 251 Å². The summed E-state index contributed by atoms with van der Waals surface area (Å²) in [5.74, 6) is -4.63. The number of ketones is 1. The number of ether oxygens (including phenoxy) is 11. The van der Waals surface area contributed by atoms with Crippen LogP contribution in [0.3, 0.4) is 0 Å². The van der Waals surface area contributed by atoms with Crippen LogP contribution in [0.1, 0.15) is 115 Å². The number of cyclic esters (lactones) is 1. The van der Waals surface area contributed by atoms with Crippen molar-refractivity contribution in [3.05, 3.63) is 23.8 Å². The number of aldehydes is 1. The molecule has 4 aliphatic rings. The Balaban J connectivity index is 1.60. The molecule has 3 fully saturated rings. The minimum Gasteiger partial charge on any atom is -0.462 e. The minimum absolute atomic E-state index is 0.0405. The fourth-order valence-electron chi connectivity index (χ4n) is 10.6. The lowest BCUT2D eigenvalue weighted by molar-refractivity contribution is -0.342. The second-order valence-electron chi connectivity index (χ2n) is 21.4. The zero-order chi connectivity index (χ0) is 54.6. The van der Waals surface area contributed by atoms with Gasteiger partial charge in [0.15, 0.2) is 36.9 Å². The Labute approximate surface area is 432 Å². The number of esters is 3. The Morgan fingerprint density at radius 2 is 1.53 bits per heavy atom. The fraction of sp³-hybridized carbons (Fsp3) is 0.830. The van der Waals surface area contributed by atoms with Crippen molar-refractivity contribution < 1.29 is 91.4 Å². The van der Waals surface area contributed by atoms with E-state index in [-0.39, 0.29) is 44.0 Å². The van der Waals surface area contributed by atoms with E-state index in [9.17, 15) is 39.3 Å². The summed E-state index contributed by atoms with van der Waals surface area (Å²) in [6.07, 6.45) is -8.45. The third-order valence-corrected chi connectivity index (χ3v) is 14.5. The van der Waals surface area contributed by atoms with Crippen molar-refractivity contribution in [1.29, 1.82) is 0 Å². The van der Waals surface area contributed by atoms with E-state index in [0.29, 0.717) is 18.3 Å². The van der Waals surface area contributed by atoms with Gasteiger partial charge in [-0.1, -0.05) is 52.3 Å². The molecule has 3 saturated heterocycles. The minimum atomic E-state index is -1.51. The van der Waals surface area contributed by atoms with Gasteiger partial charge in [-0.05, 0) is 79.5 Å². The van der Waals surface area contributed by atoms with E-state index >= 15 is 0 Å². The first-order valence-corrected chi connectivity index (χ1v) is 25.9. The van der Waals surface area contributed by atoms with E-state index in [1.165, 1.54) is 34.1 Å². The van der Waals surface area contributed by atoms with E-state index in [1.54, 1.807) is 66.6 Å². The molecule has 20 nitrogen and oxygen atoms in total. The molecule has 20 heteroatoms. The van der Waals surface area contributed by atoms with Crippen molar-refractivity contribution >= 4 is 30.0 Å². The normalized spacial score (nSPS) is 41.6. The van der Waals surface area contributed by atoms with Crippen LogP contribution in [0.15, 0.2) is 23.8 Å². The highest BCUT2D eigenvalue weighted by molar-refractivity contribution is 5.91. The third kappa shape index (κ3) is 16.9. The van der Waals surface area contributed by atoms with Crippen LogP contribution in [0.4, 0.5) is 0 Å². The molecule has 1 unspecified atom stereocenters. The van der Waals surface area contributed by atoms with Crippen LogP contribution < -0.4 is 0 Å². The maximum Gasteiger partial charge on any atom is 0.308 e. The van der Waals surface area contributed by atoms with E-state index in [4.69, 9.17) is 52.1 Å². The van der Waals surface area contributed by atoms with Crippen molar-refractivity contribution in [2.24, 2.45) is 29.6 Å². The molecule has 21 atom stereocenters. The lowest BCUT2D eigenvalue weighted by Crippen LogP contribution is -2.65. The number of aliphatic hydroxyl groups excluding tert-OH is 2. The molecule has 73 heavy (non-hydrogen) atoms. The Kier molecular flexibility index (Phi) is 24.1. The number of hydrogen-bond donors (Lipinski definition) is 3. The molecule has 4 rings (SSSR count). The third-order valence-electron chi connectivity index (χ3n) is 14.5. The molecule has 0 aliphatic carbocycles. The van der Waals surface area contributed by atoms with Gasteiger partial charge in [-0.3, -0.25) is 19.2 Å². The number of allylic oxidation sites excluding steroid dienone is 3. The summed E-state index contributed by atoms with van der Waals surface area (Å²) in [5, 5.41) is 35.3. The number of carbonyl (C=O) groups is 5. The van der Waals surface area contributed by atoms with Crippen LogP contribution in [-0.4, -0.2) is 189 Å². The van der Waals surface area contributed by atoms with Gasteiger partial charge in [0.25, 0.3) is 0 Å². The van der Waals surface area contributed by atoms with Crippen LogP contribution in [0.2, 0.25) is 0 Å². The molecule has 418 valence electrons. The van der Waals surface area contributed by atoms with Crippen LogP contribution >= 0.6 is 0 Å². The lowest BCUT2D eigenvalue weighted by atomic mass is 9.79. The molecular formula is C53H87NO19. The number of aliphatic hydroxyl groups is 3. The fourth-order valence-corrected chi connectivity index (χ4v) is 10.6. The summed E-state index contributed by atoms with van der Waals surface area (Å²) >= 11 is 0. The number of methoxy groups -OCH3 is 2. The highest BCUT2D eigenvalue weighted by atomic mass is 16.7. The van der Waals surface area contributed by atoms with E-state index in [2.05, 4.69) is 0 Å². The van der Waals surface area contributed by atoms with Crippen LogP contribution in [-0.2, 0) is 76.1 Å². The lowest BCUT2D eigenvalue weighted by Gasteiger charge is -2.50. The molecule has 0 aromatic heterocycles. The first-order valence-electron chi connectivity index (χ1n) is 25.9. The average molecular weight is 1040 g/mol. The zero-order valence-electron chi connectivity index (χ0n) is 45.7. The molecular weight excluding hydrogens is 955 g/mol. The van der Waals surface area contributed by atoms with Crippen LogP contribution in [0.25, 0.3) is 0 Å². The first kappa shape index (κ1) is 62.3. The second-order valence-corrected chi connectivity index (χ2v) is 21.4. The molecule has 0 bridgehead atoms. The largest absolute Gasteiger partial charge is 0.462 e. The van der Waals surface area contributed by atoms with Gasteiger partial charge in [-0.2, -0.15) is 0 Å². The Morgan fingerprint density at radius 1 is 0.890 bits per heavy atom. The highest BCUT2D eigenvalue weighted by Crippen LogP contribution is 2.38. The Bertz CT molecular complexity index is 1860. The van der Waals surface area contributed by atoms with Gasteiger partial charge in [0.1, 0.15) is 42.4 Å². The van der Waals surface area contributed by atoms with Gasteiger partial charge < -0.3 is 77.1 Å². The van der Waals surface area contributed by atoms with Gasteiger partial charge in [0.2, 0.25) is 0 Å². The van der Waals surface area contributed by atoms with Gasteiger partial charge in [-0.25, -0.2) is 0 Å². The highest BCUT2D eigenvalue weighted by Gasteiger charge is 2.53. The smallest absolute Gasteiger partial charge is 0.308 e. The quantitative estimate of drug-likeness (QED) is 0.106. The molecule has 0 amide bonds. The SMILES string of the molecule is CC[C@H]1OC(=O)C[C@@H](O)[C@H](C)[C@@H](O[C@H]2O[C@H](C)[C@@H](O[C@H]3C[C@@](C)(O)[C@@H](OC(C)=O)[C@H](C)O3)[C@H](N(C)C)[C@H]2O)C(CC=O)C[C@@H](C)C(=O)/C=C/C(C)=C/[C@@H]1CO[C@@H]1O[C@H](C)[C@@H](OC(=O)CC(C)C)[C@@H](OC)[C@H]1OC. The molecule has 0 radical (unpaired) electrons. The second kappa shape index (κ2) is 28.2. The van der Waals surface area contributed by atoms with E-state index in [0.717, 1.165) is 0 Å². The maximum absolute atomic E-state index is 14.0. The van der Waals surface area contributed by atoms with Gasteiger partial charge in [0, 0.05) is 58.2 Å². The number of nitrogens with zero attached hydrogens (tertiary/aromatic N) is 1. The Hall–Kier alpha value is -3.25. The summed E-state index contributed by atoms with van der Waals surface area (Å²) in [5.41, 5.74) is -0.840. The van der Waals surface area contributed by atoms with Gasteiger partial charge >= 0.3 is 17.9 Å². The van der Waals surface area contributed by atoms with Crippen LogP contribution in [0, 0.1) is 29.6 Å². The molecule has 0 aromatic carbocycles. The summed E-state index contributed by atoms with van der Waals surface area (Å²) in [6, 6.07) is -0.786. The number of likely N-dealkylation sites (N-methyl/N-ethyl adjacent to an activating group) is 1. The molecule has 4 heterocycles. The standard InChI is InChI=1S/C53H87NO19/c1-16-39-36(26-65-52-49(64-15)48(63-14)47(32(8)68-52)71-40(59)21-27(2)3)22-28(4)17-18-37(57)29(5)23-35(19-20-55)45(30(6)38(58)24-41(60)70-39)73-51-44(61)43(54(12)13)46(31(7)67-51)72-42-25-53(11,62)50(33(9)66-42)69-34(10)56/h17-18,20,22,27,29-33,35-36,38-39,42-52,58,61-62H,16,19,21,23-26H2,1-15H3/b18-17+,28-22+/t29-,30+,31-,32-,33+,35?,36-,38-,39-,42+,43-,44-,45-,46-,47-,48-,49-,50+,51-,52-,53-/m1/s1. The molecule has 0 spiro atoms. The van der Waals surface area contributed by atoms with Crippen molar-refractivity contribution in [3.63, 3.8) is 0 Å². The summed E-state index contributed by atoms with van der Waals surface area (Å²) in [7, 11) is 6.45. The van der Waals surface area contributed by atoms with Gasteiger partial charge in [-0.15, -0.1) is 0 Å². The van der Waals surface area contributed by atoms with Crippen molar-refractivity contribution in [1.82, 2.24) is 4.90 Å². The molecule has 0 aromatic rings. The molecule has 0 saturated carbocycles. The van der Waals surface area contributed by atoms with E-state index in [1.807, 2.05) is 26.8 Å². The van der Waals surface area contributed by atoms with Crippen LogP contribution in [0.5, 0.6) is 0 Å². The zero-order valence-corrected chi connectivity index (χ0v) is 45.7. The number of carbonyl (C=O) groups excluding carboxylic acids is 5. The Morgan fingerprint density at radius 3 is 2.11 bits per heavy atom. The first-order chi connectivity index (χ1) is 34.3. The predicted octanol–water partition coefficient (Wildman–Crippen LogP) is 4.00. The molecule has 4 aliphatic heterocycles. The van der Waals surface area contributed by atoms with Crippen molar-refractivity contribution in [2.45, 2.75) is 218 Å². The summed E-state index contributed by atoms with van der Waals surface area (Å²) < 4.78 is 67.2. The number of rotatable bonds is 17. The monoisotopic (exact) mass is 1040 g/mol. The predicted molar refractivity (Wildman–Crippen MR) is 263 cm³/mol. The molecule has 3 N–H and O–H groups in total. The van der Waals surface area contributed by atoms with Crippen molar-refractivity contribution in [2.75, 3.05) is 34.9 Å². The summed E-state index contributed by atoms with van der Waals surface area (Å²) in [6.45, 7) is 18.8. The average Bonchev–Trinajstić information content (AvgIpc) is 3.29. The van der Waals surface area contributed by atoms with Gasteiger partial charge in [0.05, 0.1) is 49.6 Å². The number of hydrogen-bond acceptors (Lipinski definition) is 20.